The van der Waals surface area contributed by atoms with E-state index < -0.39 is 0 Å². The Balaban J connectivity index is 1.98. The van der Waals surface area contributed by atoms with Gasteiger partial charge in [-0.1, -0.05) is 44.5 Å². The van der Waals surface area contributed by atoms with Crippen LogP contribution < -0.4 is 5.32 Å². The fourth-order valence-electron chi connectivity index (χ4n) is 2.39. The molecule has 0 bridgehead atoms. The summed E-state index contributed by atoms with van der Waals surface area (Å²) in [4.78, 5) is 0. The van der Waals surface area contributed by atoms with Gasteiger partial charge in [0.1, 0.15) is 0 Å². The topological polar surface area (TPSA) is 32.3 Å². The van der Waals surface area contributed by atoms with Gasteiger partial charge in [-0.15, -0.1) is 0 Å². The summed E-state index contributed by atoms with van der Waals surface area (Å²) in [5, 5.41) is 13.9. The van der Waals surface area contributed by atoms with Gasteiger partial charge in [0.05, 0.1) is 6.10 Å². The minimum absolute atomic E-state index is 0.189. The second kappa shape index (κ2) is 6.35. The summed E-state index contributed by atoms with van der Waals surface area (Å²) in [6, 6.07) is 9.27. The predicted octanol–water partition coefficient (Wildman–Crippen LogP) is 3.20. The van der Waals surface area contributed by atoms with Crippen LogP contribution in [-0.4, -0.2) is 17.2 Å². The Labute approximate surface area is 110 Å². The SMILES string of the molecule is CCCc1ccc(C(O)C(CC)NC2CC2)cc1. The van der Waals surface area contributed by atoms with Crippen molar-refractivity contribution in [1.82, 2.24) is 5.32 Å². The molecule has 18 heavy (non-hydrogen) atoms. The number of hydrogen-bond donors (Lipinski definition) is 2. The highest BCUT2D eigenvalue weighted by Crippen LogP contribution is 2.25. The van der Waals surface area contributed by atoms with E-state index in [1.54, 1.807) is 0 Å². The monoisotopic (exact) mass is 247 g/mol. The van der Waals surface area contributed by atoms with Gasteiger partial charge in [0.15, 0.2) is 0 Å². The van der Waals surface area contributed by atoms with Crippen LogP contribution in [0.3, 0.4) is 0 Å². The fraction of sp³-hybridized carbons (Fsp3) is 0.625. The summed E-state index contributed by atoms with van der Waals surface area (Å²) in [6.45, 7) is 4.32. The quantitative estimate of drug-likeness (QED) is 0.775. The molecule has 0 spiro atoms. The van der Waals surface area contributed by atoms with Crippen molar-refractivity contribution in [3.8, 4) is 0 Å². The smallest absolute Gasteiger partial charge is 0.0942 e. The van der Waals surface area contributed by atoms with Gasteiger partial charge in [-0.2, -0.15) is 0 Å². The van der Waals surface area contributed by atoms with Gasteiger partial charge in [0.25, 0.3) is 0 Å². The van der Waals surface area contributed by atoms with Crippen molar-refractivity contribution in [2.75, 3.05) is 0 Å². The Bertz CT molecular complexity index is 356. The molecule has 1 aliphatic rings. The predicted molar refractivity (Wildman–Crippen MR) is 75.6 cm³/mol. The third-order valence-corrected chi connectivity index (χ3v) is 3.71. The molecule has 2 N–H and O–H groups in total. The number of rotatable bonds is 7. The highest BCUT2D eigenvalue weighted by molar-refractivity contribution is 5.25. The summed E-state index contributed by atoms with van der Waals surface area (Å²) in [6.07, 6.45) is 5.40. The summed E-state index contributed by atoms with van der Waals surface area (Å²) < 4.78 is 0. The number of benzene rings is 1. The molecule has 0 aromatic heterocycles. The van der Waals surface area contributed by atoms with Gasteiger partial charge in [0.2, 0.25) is 0 Å². The number of aryl methyl sites for hydroxylation is 1. The van der Waals surface area contributed by atoms with Gasteiger partial charge < -0.3 is 10.4 Å². The van der Waals surface area contributed by atoms with Crippen molar-refractivity contribution < 1.29 is 5.11 Å². The molecule has 0 heterocycles. The van der Waals surface area contributed by atoms with Crippen LogP contribution in [0.2, 0.25) is 0 Å². The van der Waals surface area contributed by atoms with E-state index in [1.807, 2.05) is 0 Å². The molecule has 2 heteroatoms. The average molecular weight is 247 g/mol. The minimum atomic E-state index is -0.383. The van der Waals surface area contributed by atoms with Gasteiger partial charge in [-0.3, -0.25) is 0 Å². The summed E-state index contributed by atoms with van der Waals surface area (Å²) in [5.41, 5.74) is 2.39. The van der Waals surface area contributed by atoms with Crippen molar-refractivity contribution >= 4 is 0 Å². The average Bonchev–Trinajstić information content (AvgIpc) is 3.20. The maximum atomic E-state index is 10.4. The first-order valence-electron chi connectivity index (χ1n) is 7.27. The molecule has 0 amide bonds. The summed E-state index contributed by atoms with van der Waals surface area (Å²) in [5.74, 6) is 0. The second-order valence-electron chi connectivity index (χ2n) is 5.39. The molecule has 0 aliphatic heterocycles. The minimum Gasteiger partial charge on any atom is -0.387 e. The van der Waals surface area contributed by atoms with E-state index in [0.29, 0.717) is 6.04 Å². The van der Waals surface area contributed by atoms with E-state index in [9.17, 15) is 5.11 Å². The van der Waals surface area contributed by atoms with Crippen molar-refractivity contribution in [2.45, 2.75) is 64.1 Å². The Hall–Kier alpha value is -0.860. The van der Waals surface area contributed by atoms with Gasteiger partial charge >= 0.3 is 0 Å². The van der Waals surface area contributed by atoms with Crippen molar-refractivity contribution in [3.05, 3.63) is 35.4 Å². The third kappa shape index (κ3) is 3.56. The lowest BCUT2D eigenvalue weighted by atomic mass is 9.98. The lowest BCUT2D eigenvalue weighted by Gasteiger charge is -2.23. The maximum Gasteiger partial charge on any atom is 0.0942 e. The maximum absolute atomic E-state index is 10.4. The molecule has 2 nitrogen and oxygen atoms in total. The molecule has 2 unspecified atom stereocenters. The number of hydrogen-bond acceptors (Lipinski definition) is 2. The Kier molecular flexibility index (Phi) is 4.79. The Morgan fingerprint density at radius 1 is 1.22 bits per heavy atom. The van der Waals surface area contributed by atoms with E-state index in [-0.39, 0.29) is 12.1 Å². The van der Waals surface area contributed by atoms with Crippen molar-refractivity contribution in [1.29, 1.82) is 0 Å². The zero-order valence-corrected chi connectivity index (χ0v) is 11.5. The molecule has 1 fully saturated rings. The molecule has 2 rings (SSSR count). The van der Waals surface area contributed by atoms with E-state index in [4.69, 9.17) is 0 Å². The first-order valence-corrected chi connectivity index (χ1v) is 7.27. The van der Waals surface area contributed by atoms with Crippen LogP contribution >= 0.6 is 0 Å². The van der Waals surface area contributed by atoms with Crippen LogP contribution in [0.15, 0.2) is 24.3 Å². The molecule has 2 atom stereocenters. The zero-order chi connectivity index (χ0) is 13.0. The van der Waals surface area contributed by atoms with E-state index >= 15 is 0 Å². The summed E-state index contributed by atoms with van der Waals surface area (Å²) in [7, 11) is 0. The summed E-state index contributed by atoms with van der Waals surface area (Å²) >= 11 is 0. The largest absolute Gasteiger partial charge is 0.387 e. The molecule has 1 aromatic rings. The molecule has 100 valence electrons. The van der Waals surface area contributed by atoms with Crippen LogP contribution in [0.1, 0.15) is 56.8 Å². The zero-order valence-electron chi connectivity index (χ0n) is 11.5. The van der Waals surface area contributed by atoms with Gasteiger partial charge in [0, 0.05) is 12.1 Å². The molecular weight excluding hydrogens is 222 g/mol. The standard InChI is InChI=1S/C16H25NO/c1-3-5-12-6-8-13(9-7-12)16(18)15(4-2)17-14-10-11-14/h6-9,14-18H,3-5,10-11H2,1-2H3. The van der Waals surface area contributed by atoms with E-state index in [1.165, 1.54) is 24.8 Å². The molecule has 1 saturated carbocycles. The number of aliphatic hydroxyl groups excluding tert-OH is 1. The van der Waals surface area contributed by atoms with E-state index in [2.05, 4.69) is 43.4 Å². The highest BCUT2D eigenvalue weighted by Gasteiger charge is 2.27. The number of nitrogens with one attached hydrogen (secondary N) is 1. The van der Waals surface area contributed by atoms with E-state index in [0.717, 1.165) is 18.4 Å². The highest BCUT2D eigenvalue weighted by atomic mass is 16.3. The van der Waals surface area contributed by atoms with Crippen LogP contribution in [0.25, 0.3) is 0 Å². The first-order chi connectivity index (χ1) is 8.74. The molecule has 0 radical (unpaired) electrons. The molecule has 1 aliphatic carbocycles. The lowest BCUT2D eigenvalue weighted by Crippen LogP contribution is -2.35. The van der Waals surface area contributed by atoms with Crippen LogP contribution in [0, 0.1) is 0 Å². The van der Waals surface area contributed by atoms with Crippen molar-refractivity contribution in [3.63, 3.8) is 0 Å². The molecule has 0 saturated heterocycles. The molecular formula is C16H25NO. The Morgan fingerprint density at radius 2 is 1.89 bits per heavy atom. The lowest BCUT2D eigenvalue weighted by molar-refractivity contribution is 0.125. The van der Waals surface area contributed by atoms with Crippen molar-refractivity contribution in [2.24, 2.45) is 0 Å². The van der Waals surface area contributed by atoms with Gasteiger partial charge in [-0.05, 0) is 36.8 Å². The van der Waals surface area contributed by atoms with Crippen LogP contribution in [0.5, 0.6) is 0 Å². The third-order valence-electron chi connectivity index (χ3n) is 3.71. The normalized spacial score (nSPS) is 18.6. The van der Waals surface area contributed by atoms with Crippen LogP contribution in [-0.2, 0) is 6.42 Å². The van der Waals surface area contributed by atoms with Crippen LogP contribution in [0.4, 0.5) is 0 Å². The first kappa shape index (κ1) is 13.6. The second-order valence-corrected chi connectivity index (χ2v) is 5.39. The Morgan fingerprint density at radius 3 is 2.39 bits per heavy atom. The van der Waals surface area contributed by atoms with Gasteiger partial charge in [-0.25, -0.2) is 0 Å². The molecule has 1 aromatic carbocycles. The fourth-order valence-corrected chi connectivity index (χ4v) is 2.39. The number of aliphatic hydroxyl groups is 1.